The highest BCUT2D eigenvalue weighted by Gasteiger charge is 2.52. The molecule has 0 aromatic rings. The Bertz CT molecular complexity index is 369. The second kappa shape index (κ2) is 7.31. The fourth-order valence-corrected chi connectivity index (χ4v) is 5.22. The van der Waals surface area contributed by atoms with Gasteiger partial charge in [0.2, 0.25) is 0 Å². The number of carboxylic acid groups (broad SMARTS) is 1. The first kappa shape index (κ1) is 16.3. The zero-order chi connectivity index (χ0) is 15.4. The minimum absolute atomic E-state index is 0.330. The molecule has 0 amide bonds. The summed E-state index contributed by atoms with van der Waals surface area (Å²) in [5, 5.41) is 17.4. The number of hydrogen-bond donors (Lipinski definition) is 3. The lowest BCUT2D eigenvalue weighted by molar-refractivity contribution is -0.152. The van der Waals surface area contributed by atoms with Crippen molar-refractivity contribution in [2.75, 3.05) is 13.1 Å². The lowest BCUT2D eigenvalue weighted by Crippen LogP contribution is -2.65. The molecule has 1 saturated heterocycles. The summed E-state index contributed by atoms with van der Waals surface area (Å²) in [6.45, 7) is 2.03. The molecule has 0 aromatic carbocycles. The van der Waals surface area contributed by atoms with Crippen molar-refractivity contribution in [1.82, 2.24) is 10.6 Å². The van der Waals surface area contributed by atoms with E-state index in [1.165, 1.54) is 32.1 Å². The van der Waals surface area contributed by atoms with E-state index >= 15 is 0 Å². The molecule has 2 aliphatic carbocycles. The third kappa shape index (κ3) is 3.18. The molecule has 3 fully saturated rings. The molecular formula is C18H32N2O2. The summed E-state index contributed by atoms with van der Waals surface area (Å²) >= 11 is 0. The van der Waals surface area contributed by atoms with Gasteiger partial charge in [0.15, 0.2) is 0 Å². The van der Waals surface area contributed by atoms with E-state index in [1.54, 1.807) is 0 Å². The van der Waals surface area contributed by atoms with Crippen LogP contribution in [0.5, 0.6) is 0 Å². The quantitative estimate of drug-likeness (QED) is 0.731. The molecule has 126 valence electrons. The summed E-state index contributed by atoms with van der Waals surface area (Å²) in [6, 6.07) is 0.375. The highest BCUT2D eigenvalue weighted by Crippen LogP contribution is 2.44. The second-order valence-electron chi connectivity index (χ2n) is 7.66. The number of aliphatic carboxylic acids is 1. The minimum Gasteiger partial charge on any atom is -0.480 e. The first-order valence-corrected chi connectivity index (χ1v) is 9.45. The van der Waals surface area contributed by atoms with Crippen LogP contribution in [-0.2, 0) is 4.79 Å². The number of carboxylic acids is 1. The standard InChI is InChI=1S/C18H32N2O2/c21-17(22)18(15-8-4-5-9-15,14-6-2-1-3-7-14)20-16-10-12-19-13-11-16/h14-16,19-20H,1-13H2,(H,21,22)/t18-/m1/s1. The minimum atomic E-state index is -0.654. The van der Waals surface area contributed by atoms with Gasteiger partial charge < -0.3 is 10.4 Å². The molecule has 0 radical (unpaired) electrons. The molecular weight excluding hydrogens is 276 g/mol. The van der Waals surface area contributed by atoms with E-state index in [9.17, 15) is 9.90 Å². The van der Waals surface area contributed by atoms with Gasteiger partial charge in [0.25, 0.3) is 0 Å². The van der Waals surface area contributed by atoms with Crippen molar-refractivity contribution in [1.29, 1.82) is 0 Å². The third-order valence-electron chi connectivity index (χ3n) is 6.38. The smallest absolute Gasteiger partial charge is 0.324 e. The van der Waals surface area contributed by atoms with E-state index in [1.807, 2.05) is 0 Å². The molecule has 1 heterocycles. The summed E-state index contributed by atoms with van der Waals surface area (Å²) in [6.07, 6.45) is 12.6. The average Bonchev–Trinajstić information content (AvgIpc) is 3.09. The van der Waals surface area contributed by atoms with Crippen LogP contribution in [0.2, 0.25) is 0 Å². The van der Waals surface area contributed by atoms with Crippen LogP contribution in [0, 0.1) is 11.8 Å². The van der Waals surface area contributed by atoms with Gasteiger partial charge in [0.05, 0.1) is 0 Å². The molecule has 4 nitrogen and oxygen atoms in total. The maximum absolute atomic E-state index is 12.5. The molecule has 3 rings (SSSR count). The van der Waals surface area contributed by atoms with Crippen molar-refractivity contribution >= 4 is 5.97 Å². The van der Waals surface area contributed by atoms with E-state index in [-0.39, 0.29) is 0 Å². The van der Waals surface area contributed by atoms with Crippen molar-refractivity contribution in [2.45, 2.75) is 82.2 Å². The normalized spacial score (nSPS) is 28.5. The summed E-state index contributed by atoms with van der Waals surface area (Å²) in [5.74, 6) is 0.101. The summed E-state index contributed by atoms with van der Waals surface area (Å²) in [4.78, 5) is 12.5. The van der Waals surface area contributed by atoms with Gasteiger partial charge in [-0.1, -0.05) is 32.1 Å². The van der Waals surface area contributed by atoms with Crippen LogP contribution in [0.25, 0.3) is 0 Å². The lowest BCUT2D eigenvalue weighted by Gasteiger charge is -2.47. The Kier molecular flexibility index (Phi) is 5.40. The van der Waals surface area contributed by atoms with Gasteiger partial charge in [-0.2, -0.15) is 0 Å². The maximum Gasteiger partial charge on any atom is 0.324 e. The molecule has 3 N–H and O–H groups in total. The molecule has 22 heavy (non-hydrogen) atoms. The monoisotopic (exact) mass is 308 g/mol. The average molecular weight is 308 g/mol. The van der Waals surface area contributed by atoms with E-state index in [0.29, 0.717) is 17.9 Å². The molecule has 0 unspecified atom stereocenters. The van der Waals surface area contributed by atoms with Gasteiger partial charge >= 0.3 is 5.97 Å². The topological polar surface area (TPSA) is 61.4 Å². The van der Waals surface area contributed by atoms with E-state index in [2.05, 4.69) is 10.6 Å². The van der Waals surface area contributed by atoms with Crippen LogP contribution in [0.1, 0.15) is 70.6 Å². The molecule has 4 heteroatoms. The fraction of sp³-hybridized carbons (Fsp3) is 0.944. The Balaban J connectivity index is 1.84. The van der Waals surface area contributed by atoms with Gasteiger partial charge in [-0.3, -0.25) is 10.1 Å². The van der Waals surface area contributed by atoms with Crippen LogP contribution in [-0.4, -0.2) is 35.7 Å². The molecule has 0 aromatic heterocycles. The summed E-state index contributed by atoms with van der Waals surface area (Å²) < 4.78 is 0. The van der Waals surface area contributed by atoms with Crippen molar-refractivity contribution in [2.24, 2.45) is 11.8 Å². The highest BCUT2D eigenvalue weighted by molar-refractivity contribution is 5.80. The number of carbonyl (C=O) groups is 1. The molecule has 1 atom stereocenters. The van der Waals surface area contributed by atoms with Gasteiger partial charge in [-0.15, -0.1) is 0 Å². The Labute approximate surface area is 134 Å². The van der Waals surface area contributed by atoms with Gasteiger partial charge in [-0.05, 0) is 63.5 Å². The summed E-state index contributed by atoms with van der Waals surface area (Å²) in [5.41, 5.74) is -0.654. The van der Waals surface area contributed by atoms with E-state index in [0.717, 1.165) is 51.6 Å². The zero-order valence-corrected chi connectivity index (χ0v) is 13.8. The van der Waals surface area contributed by atoms with E-state index < -0.39 is 11.5 Å². The molecule has 0 spiro atoms. The number of rotatable bonds is 5. The number of hydrogen-bond acceptors (Lipinski definition) is 3. The van der Waals surface area contributed by atoms with Crippen LogP contribution in [0.4, 0.5) is 0 Å². The second-order valence-corrected chi connectivity index (χ2v) is 7.66. The van der Waals surface area contributed by atoms with Crippen molar-refractivity contribution in [3.8, 4) is 0 Å². The van der Waals surface area contributed by atoms with Crippen molar-refractivity contribution in [3.63, 3.8) is 0 Å². The van der Waals surface area contributed by atoms with Crippen molar-refractivity contribution in [3.05, 3.63) is 0 Å². The van der Waals surface area contributed by atoms with Crippen LogP contribution in [0.15, 0.2) is 0 Å². The molecule has 0 bridgehead atoms. The van der Waals surface area contributed by atoms with Crippen LogP contribution in [0.3, 0.4) is 0 Å². The summed E-state index contributed by atoms with van der Waals surface area (Å²) in [7, 11) is 0. The Hall–Kier alpha value is -0.610. The predicted octanol–water partition coefficient (Wildman–Crippen LogP) is 2.92. The largest absolute Gasteiger partial charge is 0.480 e. The zero-order valence-electron chi connectivity index (χ0n) is 13.8. The van der Waals surface area contributed by atoms with Crippen molar-refractivity contribution < 1.29 is 9.90 Å². The third-order valence-corrected chi connectivity index (χ3v) is 6.38. The fourth-order valence-electron chi connectivity index (χ4n) is 5.22. The first-order chi connectivity index (χ1) is 10.7. The van der Waals surface area contributed by atoms with Crippen LogP contribution < -0.4 is 10.6 Å². The predicted molar refractivity (Wildman–Crippen MR) is 87.9 cm³/mol. The molecule has 1 aliphatic heterocycles. The van der Waals surface area contributed by atoms with Gasteiger partial charge in [0.1, 0.15) is 5.54 Å². The maximum atomic E-state index is 12.5. The SMILES string of the molecule is O=C(O)[C@@](NC1CCNCC1)(C1CCCCC1)C1CCCC1. The lowest BCUT2D eigenvalue weighted by atomic mass is 9.66. The highest BCUT2D eigenvalue weighted by atomic mass is 16.4. The van der Waals surface area contributed by atoms with Crippen LogP contribution >= 0.6 is 0 Å². The van der Waals surface area contributed by atoms with Gasteiger partial charge in [-0.25, -0.2) is 0 Å². The Morgan fingerprint density at radius 2 is 1.36 bits per heavy atom. The van der Waals surface area contributed by atoms with Gasteiger partial charge in [0, 0.05) is 6.04 Å². The molecule has 3 aliphatic rings. The Morgan fingerprint density at radius 1 is 0.864 bits per heavy atom. The first-order valence-electron chi connectivity index (χ1n) is 9.45. The number of piperidine rings is 1. The Morgan fingerprint density at radius 3 is 1.86 bits per heavy atom. The molecule has 2 saturated carbocycles. The van der Waals surface area contributed by atoms with E-state index in [4.69, 9.17) is 0 Å². The number of nitrogens with one attached hydrogen (secondary N) is 2.